The van der Waals surface area contributed by atoms with Crippen molar-refractivity contribution in [2.45, 2.75) is 6.54 Å². The van der Waals surface area contributed by atoms with Crippen LogP contribution < -0.4 is 19.5 Å². The van der Waals surface area contributed by atoms with Crippen LogP contribution in [0, 0.1) is 0 Å². The Hall–Kier alpha value is -2.97. The number of benzene rings is 1. The zero-order chi connectivity index (χ0) is 18.0. The predicted molar refractivity (Wildman–Crippen MR) is 85.6 cm³/mol. The molecule has 3 rings (SSSR count). The second kappa shape index (κ2) is 6.88. The molecule has 1 aromatic rings. The van der Waals surface area contributed by atoms with Crippen LogP contribution in [0.2, 0.25) is 0 Å². The fourth-order valence-electron chi connectivity index (χ4n) is 2.66. The maximum atomic E-state index is 12.1. The summed E-state index contributed by atoms with van der Waals surface area (Å²) < 4.78 is 16.3. The number of rotatable bonds is 5. The molecule has 1 aromatic carbocycles. The smallest absolute Gasteiger partial charge is 0.327 e. The van der Waals surface area contributed by atoms with Crippen LogP contribution in [-0.2, 0) is 16.1 Å². The summed E-state index contributed by atoms with van der Waals surface area (Å²) in [6, 6.07) is 2.98. The topological polar surface area (TPSA) is 97.4 Å². The van der Waals surface area contributed by atoms with Crippen molar-refractivity contribution in [3.8, 4) is 17.2 Å². The van der Waals surface area contributed by atoms with Crippen molar-refractivity contribution in [1.82, 2.24) is 15.1 Å². The Morgan fingerprint density at radius 2 is 1.92 bits per heavy atom. The summed E-state index contributed by atoms with van der Waals surface area (Å²) in [5, 5.41) is 2.68. The van der Waals surface area contributed by atoms with Gasteiger partial charge in [-0.15, -0.1) is 0 Å². The van der Waals surface area contributed by atoms with Gasteiger partial charge in [-0.1, -0.05) is 0 Å². The molecule has 1 N–H and O–H groups in total. The van der Waals surface area contributed by atoms with Crippen molar-refractivity contribution in [3.63, 3.8) is 0 Å². The minimum absolute atomic E-state index is 0.0118. The van der Waals surface area contributed by atoms with Crippen LogP contribution in [0.4, 0.5) is 4.79 Å². The molecule has 2 aliphatic heterocycles. The summed E-state index contributed by atoms with van der Waals surface area (Å²) in [5.74, 6) is 0.906. The quantitative estimate of drug-likeness (QED) is 0.750. The standard InChI is InChI=1S/C16H19N3O6/c1-18-9-15(21)19(16(18)22)8-14(20)17-7-10-5-12-13(6-11(10)23-2)25-4-3-24-12/h5-6H,3-4,7-9H2,1-2H3,(H,17,20). The Morgan fingerprint density at radius 1 is 1.24 bits per heavy atom. The molecular weight excluding hydrogens is 330 g/mol. The number of urea groups is 1. The summed E-state index contributed by atoms with van der Waals surface area (Å²) >= 11 is 0. The second-order valence-electron chi connectivity index (χ2n) is 5.70. The summed E-state index contributed by atoms with van der Waals surface area (Å²) in [6.45, 7) is 0.776. The van der Waals surface area contributed by atoms with Crippen LogP contribution in [0.5, 0.6) is 17.2 Å². The first-order valence-corrected chi connectivity index (χ1v) is 7.78. The fraction of sp³-hybridized carbons (Fsp3) is 0.438. The largest absolute Gasteiger partial charge is 0.496 e. The van der Waals surface area contributed by atoms with Crippen LogP contribution in [0.3, 0.4) is 0 Å². The SMILES string of the molecule is COc1cc2c(cc1CNC(=O)CN1C(=O)CN(C)C1=O)OCCO2. The fourth-order valence-corrected chi connectivity index (χ4v) is 2.66. The number of imide groups is 1. The van der Waals surface area contributed by atoms with Crippen LogP contribution in [-0.4, -0.2) is 68.1 Å². The molecule has 0 unspecified atom stereocenters. The number of methoxy groups -OCH3 is 1. The van der Waals surface area contributed by atoms with E-state index in [9.17, 15) is 14.4 Å². The summed E-state index contributed by atoms with van der Waals surface area (Å²) in [5.41, 5.74) is 0.705. The maximum Gasteiger partial charge on any atom is 0.327 e. The number of fused-ring (bicyclic) bond motifs is 1. The molecule has 0 atom stereocenters. The number of nitrogens with zero attached hydrogens (tertiary/aromatic N) is 2. The monoisotopic (exact) mass is 349 g/mol. The lowest BCUT2D eigenvalue weighted by Crippen LogP contribution is -2.40. The number of nitrogens with one attached hydrogen (secondary N) is 1. The number of likely N-dealkylation sites (N-methyl/N-ethyl adjacent to an activating group) is 1. The van der Waals surface area contributed by atoms with Crippen molar-refractivity contribution in [3.05, 3.63) is 17.7 Å². The highest BCUT2D eigenvalue weighted by Gasteiger charge is 2.34. The lowest BCUT2D eigenvalue weighted by Gasteiger charge is -2.21. The normalized spacial score (nSPS) is 16.2. The highest BCUT2D eigenvalue weighted by atomic mass is 16.6. The van der Waals surface area contributed by atoms with Gasteiger partial charge in [0.1, 0.15) is 32.1 Å². The Labute approximate surface area is 144 Å². The minimum atomic E-state index is -0.475. The molecule has 25 heavy (non-hydrogen) atoms. The van der Waals surface area contributed by atoms with Crippen molar-refractivity contribution in [1.29, 1.82) is 0 Å². The first kappa shape index (κ1) is 16.9. The van der Waals surface area contributed by atoms with Gasteiger partial charge in [-0.3, -0.25) is 14.5 Å². The lowest BCUT2D eigenvalue weighted by atomic mass is 10.1. The molecule has 2 heterocycles. The number of carbonyl (C=O) groups is 3. The number of hydrogen-bond acceptors (Lipinski definition) is 6. The molecule has 2 aliphatic rings. The van der Waals surface area contributed by atoms with E-state index in [4.69, 9.17) is 14.2 Å². The summed E-state index contributed by atoms with van der Waals surface area (Å²) in [7, 11) is 3.03. The van der Waals surface area contributed by atoms with E-state index in [0.29, 0.717) is 36.0 Å². The van der Waals surface area contributed by atoms with Gasteiger partial charge >= 0.3 is 6.03 Å². The Kier molecular flexibility index (Phi) is 4.64. The molecular formula is C16H19N3O6. The van der Waals surface area contributed by atoms with Gasteiger partial charge in [-0.05, 0) is 6.07 Å². The van der Waals surface area contributed by atoms with Crippen molar-refractivity contribution in [2.75, 3.05) is 40.5 Å². The van der Waals surface area contributed by atoms with E-state index < -0.39 is 11.9 Å². The first-order chi connectivity index (χ1) is 12.0. The van der Waals surface area contributed by atoms with Crippen molar-refractivity contribution in [2.24, 2.45) is 0 Å². The van der Waals surface area contributed by atoms with E-state index in [1.54, 1.807) is 12.1 Å². The third-order valence-corrected chi connectivity index (χ3v) is 3.95. The molecule has 9 heteroatoms. The van der Waals surface area contributed by atoms with Crippen molar-refractivity contribution < 1.29 is 28.6 Å². The Bertz CT molecular complexity index is 720. The predicted octanol–water partition coefficient (Wildman–Crippen LogP) is -0.0234. The zero-order valence-electron chi connectivity index (χ0n) is 14.0. The number of amides is 4. The molecule has 0 spiro atoms. The molecule has 0 radical (unpaired) electrons. The van der Waals surface area contributed by atoms with E-state index in [1.807, 2.05) is 0 Å². The molecule has 0 saturated carbocycles. The van der Waals surface area contributed by atoms with Crippen molar-refractivity contribution >= 4 is 17.8 Å². The van der Waals surface area contributed by atoms with Crippen LogP contribution in [0.15, 0.2) is 12.1 Å². The van der Waals surface area contributed by atoms with Gasteiger partial charge in [0.15, 0.2) is 11.5 Å². The van der Waals surface area contributed by atoms with Gasteiger partial charge in [0, 0.05) is 25.2 Å². The number of hydrogen-bond donors (Lipinski definition) is 1. The van der Waals surface area contributed by atoms with Gasteiger partial charge < -0.3 is 24.4 Å². The summed E-state index contributed by atoms with van der Waals surface area (Å²) in [6.07, 6.45) is 0. The number of ether oxygens (including phenoxy) is 3. The van der Waals surface area contributed by atoms with Gasteiger partial charge in [0.25, 0.3) is 5.91 Å². The van der Waals surface area contributed by atoms with Crippen LogP contribution >= 0.6 is 0 Å². The van der Waals surface area contributed by atoms with E-state index in [0.717, 1.165) is 4.90 Å². The Morgan fingerprint density at radius 3 is 2.52 bits per heavy atom. The molecule has 1 saturated heterocycles. The van der Waals surface area contributed by atoms with E-state index >= 15 is 0 Å². The maximum absolute atomic E-state index is 12.1. The molecule has 0 aliphatic carbocycles. The van der Waals surface area contributed by atoms with Gasteiger partial charge in [-0.25, -0.2) is 4.79 Å². The van der Waals surface area contributed by atoms with Crippen LogP contribution in [0.1, 0.15) is 5.56 Å². The third kappa shape index (κ3) is 3.44. The average molecular weight is 349 g/mol. The second-order valence-corrected chi connectivity index (χ2v) is 5.70. The molecule has 0 aromatic heterocycles. The average Bonchev–Trinajstić information content (AvgIpc) is 2.85. The van der Waals surface area contributed by atoms with Gasteiger partial charge in [-0.2, -0.15) is 0 Å². The van der Waals surface area contributed by atoms with Crippen LogP contribution in [0.25, 0.3) is 0 Å². The van der Waals surface area contributed by atoms with E-state index in [1.165, 1.54) is 19.1 Å². The van der Waals surface area contributed by atoms with E-state index in [2.05, 4.69) is 5.32 Å². The molecule has 0 bridgehead atoms. The van der Waals surface area contributed by atoms with Gasteiger partial charge in [0.05, 0.1) is 7.11 Å². The van der Waals surface area contributed by atoms with E-state index in [-0.39, 0.29) is 25.5 Å². The number of carbonyl (C=O) groups excluding carboxylic acids is 3. The highest BCUT2D eigenvalue weighted by molar-refractivity contribution is 6.04. The lowest BCUT2D eigenvalue weighted by molar-refractivity contribution is -0.130. The highest BCUT2D eigenvalue weighted by Crippen LogP contribution is 2.36. The molecule has 134 valence electrons. The Balaban J connectivity index is 1.64. The molecule has 1 fully saturated rings. The first-order valence-electron chi connectivity index (χ1n) is 7.78. The molecule has 9 nitrogen and oxygen atoms in total. The minimum Gasteiger partial charge on any atom is -0.496 e. The van der Waals surface area contributed by atoms with Gasteiger partial charge in [0.2, 0.25) is 5.91 Å². The molecule has 4 amide bonds. The summed E-state index contributed by atoms with van der Waals surface area (Å²) in [4.78, 5) is 37.8. The third-order valence-electron chi connectivity index (χ3n) is 3.95. The zero-order valence-corrected chi connectivity index (χ0v) is 14.0.